The second-order valence-corrected chi connectivity index (χ2v) is 6.71. The molecule has 19 heavy (non-hydrogen) atoms. The Balaban J connectivity index is 2.33. The van der Waals surface area contributed by atoms with Gasteiger partial charge in [0.25, 0.3) is 0 Å². The molecule has 2 unspecified atom stereocenters. The van der Waals surface area contributed by atoms with E-state index in [9.17, 15) is 0 Å². The van der Waals surface area contributed by atoms with Gasteiger partial charge in [0.05, 0.1) is 0 Å². The van der Waals surface area contributed by atoms with Gasteiger partial charge >= 0.3 is 0 Å². The first-order valence-corrected chi connectivity index (χ1v) is 8.64. The SMILES string of the molecule is CCCCCCCN1CC(CC)NCC1CC(C)C. The molecule has 1 N–H and O–H groups in total. The number of rotatable bonds is 9. The highest BCUT2D eigenvalue weighted by Gasteiger charge is 2.26. The highest BCUT2D eigenvalue weighted by molar-refractivity contribution is 4.86. The van der Waals surface area contributed by atoms with E-state index >= 15 is 0 Å². The first kappa shape index (κ1) is 17.0. The maximum Gasteiger partial charge on any atom is 0.0223 e. The standard InChI is InChI=1S/C17H36N2/c1-5-7-8-9-10-11-19-14-16(6-2)18-13-17(19)12-15(3)4/h15-18H,5-14H2,1-4H3. The largest absolute Gasteiger partial charge is 0.311 e. The summed E-state index contributed by atoms with van der Waals surface area (Å²) in [5.74, 6) is 0.813. The van der Waals surface area contributed by atoms with Gasteiger partial charge in [0.1, 0.15) is 0 Å². The summed E-state index contributed by atoms with van der Waals surface area (Å²) in [6.45, 7) is 13.1. The molecule has 0 spiro atoms. The third-order valence-electron chi connectivity index (χ3n) is 4.40. The van der Waals surface area contributed by atoms with Gasteiger partial charge in [0.2, 0.25) is 0 Å². The van der Waals surface area contributed by atoms with Crippen LogP contribution in [0.15, 0.2) is 0 Å². The van der Waals surface area contributed by atoms with Gasteiger partial charge in [-0.2, -0.15) is 0 Å². The minimum Gasteiger partial charge on any atom is -0.311 e. The van der Waals surface area contributed by atoms with Gasteiger partial charge in [-0.15, -0.1) is 0 Å². The van der Waals surface area contributed by atoms with Crippen LogP contribution in [-0.4, -0.2) is 36.6 Å². The molecule has 0 radical (unpaired) electrons. The summed E-state index contributed by atoms with van der Waals surface area (Å²) in [5.41, 5.74) is 0. The fourth-order valence-corrected chi connectivity index (χ4v) is 3.17. The summed E-state index contributed by atoms with van der Waals surface area (Å²) >= 11 is 0. The molecule has 1 saturated heterocycles. The first-order chi connectivity index (χ1) is 9.17. The van der Waals surface area contributed by atoms with Crippen LogP contribution >= 0.6 is 0 Å². The molecule has 0 aromatic rings. The predicted molar refractivity (Wildman–Crippen MR) is 85.7 cm³/mol. The normalized spacial score (nSPS) is 25.1. The summed E-state index contributed by atoms with van der Waals surface area (Å²) in [6, 6.07) is 1.49. The second kappa shape index (κ2) is 9.77. The monoisotopic (exact) mass is 268 g/mol. The molecular formula is C17H36N2. The van der Waals surface area contributed by atoms with E-state index in [0.29, 0.717) is 0 Å². The maximum absolute atomic E-state index is 3.72. The Morgan fingerprint density at radius 2 is 1.84 bits per heavy atom. The molecule has 0 amide bonds. The Bertz CT molecular complexity index is 215. The average Bonchev–Trinajstić information content (AvgIpc) is 2.39. The van der Waals surface area contributed by atoms with Gasteiger partial charge in [-0.1, -0.05) is 53.4 Å². The lowest BCUT2D eigenvalue weighted by atomic mass is 9.98. The summed E-state index contributed by atoms with van der Waals surface area (Å²) in [7, 11) is 0. The lowest BCUT2D eigenvalue weighted by molar-refractivity contribution is 0.110. The highest BCUT2D eigenvalue weighted by Crippen LogP contribution is 2.17. The van der Waals surface area contributed by atoms with Gasteiger partial charge in [-0.25, -0.2) is 0 Å². The van der Waals surface area contributed by atoms with E-state index in [1.807, 2.05) is 0 Å². The fourth-order valence-electron chi connectivity index (χ4n) is 3.17. The van der Waals surface area contributed by atoms with Crippen LogP contribution in [0, 0.1) is 5.92 Å². The van der Waals surface area contributed by atoms with Crippen molar-refractivity contribution < 1.29 is 0 Å². The van der Waals surface area contributed by atoms with E-state index in [1.165, 1.54) is 64.6 Å². The molecule has 0 aromatic heterocycles. The zero-order valence-electron chi connectivity index (χ0n) is 13.8. The number of nitrogens with zero attached hydrogens (tertiary/aromatic N) is 1. The summed E-state index contributed by atoms with van der Waals surface area (Å²) in [5, 5.41) is 3.72. The van der Waals surface area contributed by atoms with Crippen LogP contribution in [0.2, 0.25) is 0 Å². The third-order valence-corrected chi connectivity index (χ3v) is 4.40. The lowest BCUT2D eigenvalue weighted by Crippen LogP contribution is -2.56. The first-order valence-electron chi connectivity index (χ1n) is 8.64. The molecule has 2 atom stereocenters. The van der Waals surface area contributed by atoms with Crippen molar-refractivity contribution in [3.8, 4) is 0 Å². The van der Waals surface area contributed by atoms with Crippen LogP contribution in [0.5, 0.6) is 0 Å². The van der Waals surface area contributed by atoms with Gasteiger partial charge in [0, 0.05) is 25.2 Å². The van der Waals surface area contributed by atoms with E-state index in [0.717, 1.165) is 18.0 Å². The van der Waals surface area contributed by atoms with Crippen LogP contribution < -0.4 is 5.32 Å². The quantitative estimate of drug-likeness (QED) is 0.635. The molecule has 1 fully saturated rings. The molecule has 1 aliphatic rings. The Labute approximate surface area is 121 Å². The minimum atomic E-state index is 0.721. The lowest BCUT2D eigenvalue weighted by Gasteiger charge is -2.41. The molecule has 0 bridgehead atoms. The Morgan fingerprint density at radius 3 is 2.47 bits per heavy atom. The smallest absolute Gasteiger partial charge is 0.0223 e. The topological polar surface area (TPSA) is 15.3 Å². The van der Waals surface area contributed by atoms with Crippen molar-refractivity contribution in [1.29, 1.82) is 0 Å². The summed E-state index contributed by atoms with van der Waals surface area (Å²) in [4.78, 5) is 2.77. The zero-order valence-corrected chi connectivity index (χ0v) is 13.8. The molecular weight excluding hydrogens is 232 g/mol. The second-order valence-electron chi connectivity index (χ2n) is 6.71. The summed E-state index contributed by atoms with van der Waals surface area (Å²) in [6.07, 6.45) is 9.61. The molecule has 2 heteroatoms. The fraction of sp³-hybridized carbons (Fsp3) is 1.00. The molecule has 1 rings (SSSR count). The molecule has 0 aromatic carbocycles. The van der Waals surface area contributed by atoms with Crippen molar-refractivity contribution in [2.45, 2.75) is 84.7 Å². The Kier molecular flexibility index (Phi) is 8.72. The minimum absolute atomic E-state index is 0.721. The number of piperazine rings is 1. The van der Waals surface area contributed by atoms with E-state index in [-0.39, 0.29) is 0 Å². The molecule has 2 nitrogen and oxygen atoms in total. The molecule has 0 aliphatic carbocycles. The van der Waals surface area contributed by atoms with Gasteiger partial charge < -0.3 is 5.32 Å². The van der Waals surface area contributed by atoms with E-state index in [4.69, 9.17) is 0 Å². The van der Waals surface area contributed by atoms with Crippen molar-refractivity contribution in [3.05, 3.63) is 0 Å². The maximum atomic E-state index is 3.72. The predicted octanol–water partition coefficient (Wildman–Crippen LogP) is 4.06. The van der Waals surface area contributed by atoms with E-state index in [2.05, 4.69) is 37.9 Å². The number of hydrogen-bond acceptors (Lipinski definition) is 2. The van der Waals surface area contributed by atoms with Crippen LogP contribution in [0.4, 0.5) is 0 Å². The van der Waals surface area contributed by atoms with Crippen molar-refractivity contribution in [1.82, 2.24) is 10.2 Å². The van der Waals surface area contributed by atoms with Crippen LogP contribution in [0.25, 0.3) is 0 Å². The van der Waals surface area contributed by atoms with Crippen LogP contribution in [-0.2, 0) is 0 Å². The molecule has 1 aliphatic heterocycles. The Morgan fingerprint density at radius 1 is 1.11 bits per heavy atom. The van der Waals surface area contributed by atoms with E-state index in [1.54, 1.807) is 0 Å². The van der Waals surface area contributed by atoms with Crippen molar-refractivity contribution in [2.75, 3.05) is 19.6 Å². The van der Waals surface area contributed by atoms with Crippen LogP contribution in [0.3, 0.4) is 0 Å². The van der Waals surface area contributed by atoms with Gasteiger partial charge in [-0.05, 0) is 31.7 Å². The highest BCUT2D eigenvalue weighted by atomic mass is 15.2. The van der Waals surface area contributed by atoms with Crippen molar-refractivity contribution in [2.24, 2.45) is 5.92 Å². The Hall–Kier alpha value is -0.0800. The van der Waals surface area contributed by atoms with E-state index < -0.39 is 0 Å². The van der Waals surface area contributed by atoms with Gasteiger partial charge in [-0.3, -0.25) is 4.90 Å². The molecule has 1 heterocycles. The summed E-state index contributed by atoms with van der Waals surface area (Å²) < 4.78 is 0. The van der Waals surface area contributed by atoms with Crippen molar-refractivity contribution >= 4 is 0 Å². The van der Waals surface area contributed by atoms with Crippen molar-refractivity contribution in [3.63, 3.8) is 0 Å². The average molecular weight is 268 g/mol. The third kappa shape index (κ3) is 6.76. The zero-order chi connectivity index (χ0) is 14.1. The molecule has 0 saturated carbocycles. The number of hydrogen-bond donors (Lipinski definition) is 1. The van der Waals surface area contributed by atoms with Crippen LogP contribution in [0.1, 0.15) is 72.6 Å². The van der Waals surface area contributed by atoms with Gasteiger partial charge in [0.15, 0.2) is 0 Å². The number of nitrogens with one attached hydrogen (secondary N) is 1. The number of unbranched alkanes of at least 4 members (excludes halogenated alkanes) is 4. The molecule has 114 valence electrons.